The standard InChI is InChI=1S/C19H25N3O/c1-4-5-12-20-19(23)15-10-11-18(21-13-15)22-17-9-7-6-8-16(17)14(2)3/h6-11,13-14H,4-5,12H2,1-3H3,(H,20,23)(H,21,22). The number of aromatic nitrogens is 1. The fourth-order valence-corrected chi connectivity index (χ4v) is 2.34. The maximum Gasteiger partial charge on any atom is 0.252 e. The van der Waals surface area contributed by atoms with E-state index in [9.17, 15) is 4.79 Å². The predicted molar refractivity (Wildman–Crippen MR) is 95.3 cm³/mol. The molecule has 2 N–H and O–H groups in total. The van der Waals surface area contributed by atoms with Crippen LogP contribution in [0.25, 0.3) is 0 Å². The van der Waals surface area contributed by atoms with Crippen molar-refractivity contribution in [1.82, 2.24) is 10.3 Å². The Morgan fingerprint density at radius 1 is 1.17 bits per heavy atom. The maximum absolute atomic E-state index is 12.0. The van der Waals surface area contributed by atoms with Gasteiger partial charge in [-0.1, -0.05) is 45.4 Å². The highest BCUT2D eigenvalue weighted by Gasteiger charge is 2.08. The quantitative estimate of drug-likeness (QED) is 0.741. The Balaban J connectivity index is 2.04. The van der Waals surface area contributed by atoms with E-state index in [-0.39, 0.29) is 5.91 Å². The highest BCUT2D eigenvalue weighted by molar-refractivity contribution is 5.94. The van der Waals surface area contributed by atoms with Gasteiger partial charge in [0.1, 0.15) is 5.82 Å². The van der Waals surface area contributed by atoms with E-state index in [2.05, 4.69) is 42.5 Å². The van der Waals surface area contributed by atoms with Crippen molar-refractivity contribution in [2.24, 2.45) is 0 Å². The van der Waals surface area contributed by atoms with Gasteiger partial charge in [-0.2, -0.15) is 0 Å². The zero-order chi connectivity index (χ0) is 16.7. The largest absolute Gasteiger partial charge is 0.352 e. The Bertz CT molecular complexity index is 635. The van der Waals surface area contributed by atoms with E-state index in [0.717, 1.165) is 24.3 Å². The third-order valence-corrected chi connectivity index (χ3v) is 3.69. The molecule has 0 aliphatic carbocycles. The van der Waals surface area contributed by atoms with Gasteiger partial charge in [-0.05, 0) is 36.1 Å². The molecule has 0 saturated carbocycles. The van der Waals surface area contributed by atoms with Gasteiger partial charge < -0.3 is 10.6 Å². The number of carbonyl (C=O) groups excluding carboxylic acids is 1. The van der Waals surface area contributed by atoms with Crippen LogP contribution in [0.1, 0.15) is 55.5 Å². The van der Waals surface area contributed by atoms with E-state index in [1.807, 2.05) is 24.3 Å². The molecule has 0 fully saturated rings. The van der Waals surface area contributed by atoms with Gasteiger partial charge in [-0.3, -0.25) is 4.79 Å². The second kappa shape index (κ2) is 8.32. The number of anilines is 2. The molecule has 23 heavy (non-hydrogen) atoms. The first-order valence-electron chi connectivity index (χ1n) is 8.22. The molecular weight excluding hydrogens is 286 g/mol. The van der Waals surface area contributed by atoms with Crippen molar-refractivity contribution in [2.75, 3.05) is 11.9 Å². The van der Waals surface area contributed by atoms with Crippen LogP contribution in [0.2, 0.25) is 0 Å². The number of hydrogen-bond donors (Lipinski definition) is 2. The number of rotatable bonds is 7. The van der Waals surface area contributed by atoms with Gasteiger partial charge in [-0.15, -0.1) is 0 Å². The van der Waals surface area contributed by atoms with Crippen molar-refractivity contribution >= 4 is 17.4 Å². The lowest BCUT2D eigenvalue weighted by molar-refractivity contribution is 0.0953. The van der Waals surface area contributed by atoms with Crippen molar-refractivity contribution in [3.63, 3.8) is 0 Å². The number of pyridine rings is 1. The minimum absolute atomic E-state index is 0.0694. The normalized spacial score (nSPS) is 10.6. The van der Waals surface area contributed by atoms with Gasteiger partial charge in [0, 0.05) is 18.4 Å². The molecule has 0 spiro atoms. The van der Waals surface area contributed by atoms with Crippen molar-refractivity contribution < 1.29 is 4.79 Å². The van der Waals surface area contributed by atoms with Crippen molar-refractivity contribution in [1.29, 1.82) is 0 Å². The van der Waals surface area contributed by atoms with Gasteiger partial charge in [0.2, 0.25) is 0 Å². The first-order chi connectivity index (χ1) is 11.1. The second-order valence-electron chi connectivity index (χ2n) is 5.91. The van der Waals surface area contributed by atoms with E-state index in [4.69, 9.17) is 0 Å². The third kappa shape index (κ3) is 4.81. The number of amides is 1. The van der Waals surface area contributed by atoms with E-state index in [1.165, 1.54) is 5.56 Å². The molecular formula is C19H25N3O. The van der Waals surface area contributed by atoms with Crippen molar-refractivity contribution in [3.8, 4) is 0 Å². The Kier molecular flexibility index (Phi) is 6.15. The highest BCUT2D eigenvalue weighted by Crippen LogP contribution is 2.26. The summed E-state index contributed by atoms with van der Waals surface area (Å²) in [5.74, 6) is 1.10. The Morgan fingerprint density at radius 2 is 1.96 bits per heavy atom. The smallest absolute Gasteiger partial charge is 0.252 e. The van der Waals surface area contributed by atoms with Gasteiger partial charge in [0.05, 0.1) is 5.56 Å². The molecule has 2 rings (SSSR count). The lowest BCUT2D eigenvalue weighted by atomic mass is 10.0. The first kappa shape index (κ1) is 17.0. The summed E-state index contributed by atoms with van der Waals surface area (Å²) < 4.78 is 0. The van der Waals surface area contributed by atoms with Crippen LogP contribution >= 0.6 is 0 Å². The molecule has 0 unspecified atom stereocenters. The summed E-state index contributed by atoms with van der Waals surface area (Å²) in [7, 11) is 0. The topological polar surface area (TPSA) is 54.0 Å². The summed E-state index contributed by atoms with van der Waals surface area (Å²) in [5.41, 5.74) is 2.88. The monoisotopic (exact) mass is 311 g/mol. The average molecular weight is 311 g/mol. The van der Waals surface area contributed by atoms with Gasteiger partial charge in [0.15, 0.2) is 0 Å². The summed E-state index contributed by atoms with van der Waals surface area (Å²) in [6.07, 6.45) is 3.67. The van der Waals surface area contributed by atoms with E-state index in [1.54, 1.807) is 12.3 Å². The summed E-state index contributed by atoms with van der Waals surface area (Å²) >= 11 is 0. The van der Waals surface area contributed by atoms with E-state index < -0.39 is 0 Å². The molecule has 1 aromatic carbocycles. The summed E-state index contributed by atoms with van der Waals surface area (Å²) in [4.78, 5) is 16.3. The number of hydrogen-bond acceptors (Lipinski definition) is 3. The van der Waals surface area contributed by atoms with Gasteiger partial charge in [0.25, 0.3) is 5.91 Å². The highest BCUT2D eigenvalue weighted by atomic mass is 16.1. The van der Waals surface area contributed by atoms with Crippen molar-refractivity contribution in [3.05, 3.63) is 53.7 Å². The number of benzene rings is 1. The van der Waals surface area contributed by atoms with Crippen LogP contribution in [-0.4, -0.2) is 17.4 Å². The van der Waals surface area contributed by atoms with Crippen LogP contribution in [0.15, 0.2) is 42.6 Å². The number of nitrogens with zero attached hydrogens (tertiary/aromatic N) is 1. The first-order valence-corrected chi connectivity index (χ1v) is 8.22. The fraction of sp³-hybridized carbons (Fsp3) is 0.368. The predicted octanol–water partition coefficient (Wildman–Crippen LogP) is 4.48. The van der Waals surface area contributed by atoms with Crippen molar-refractivity contribution in [2.45, 2.75) is 39.5 Å². The van der Waals surface area contributed by atoms with Crippen LogP contribution in [0.3, 0.4) is 0 Å². The number of nitrogens with one attached hydrogen (secondary N) is 2. The van der Waals surface area contributed by atoms with Crippen LogP contribution < -0.4 is 10.6 Å². The molecule has 0 bridgehead atoms. The molecule has 122 valence electrons. The molecule has 0 radical (unpaired) electrons. The minimum Gasteiger partial charge on any atom is -0.352 e. The van der Waals surface area contributed by atoms with E-state index in [0.29, 0.717) is 18.0 Å². The van der Waals surface area contributed by atoms with Crippen LogP contribution in [0.4, 0.5) is 11.5 Å². The summed E-state index contributed by atoms with van der Waals surface area (Å²) in [6.45, 7) is 7.13. The molecule has 0 aliphatic heterocycles. The third-order valence-electron chi connectivity index (χ3n) is 3.69. The number of unbranched alkanes of at least 4 members (excludes halogenated alkanes) is 1. The zero-order valence-corrected chi connectivity index (χ0v) is 14.1. The average Bonchev–Trinajstić information content (AvgIpc) is 2.56. The Labute approximate surface area is 138 Å². The minimum atomic E-state index is -0.0694. The van der Waals surface area contributed by atoms with Crippen LogP contribution in [0, 0.1) is 0 Å². The Morgan fingerprint density at radius 3 is 2.61 bits per heavy atom. The molecule has 0 saturated heterocycles. The zero-order valence-electron chi connectivity index (χ0n) is 14.1. The molecule has 4 nitrogen and oxygen atoms in total. The van der Waals surface area contributed by atoms with E-state index >= 15 is 0 Å². The van der Waals surface area contributed by atoms with Gasteiger partial charge in [-0.25, -0.2) is 4.98 Å². The molecule has 2 aromatic rings. The van der Waals surface area contributed by atoms with Crippen LogP contribution in [-0.2, 0) is 0 Å². The lowest BCUT2D eigenvalue weighted by Crippen LogP contribution is -2.24. The maximum atomic E-state index is 12.0. The number of para-hydroxylation sites is 1. The Hall–Kier alpha value is -2.36. The lowest BCUT2D eigenvalue weighted by Gasteiger charge is -2.14. The summed E-state index contributed by atoms with van der Waals surface area (Å²) in [5, 5.41) is 6.22. The molecule has 4 heteroatoms. The molecule has 0 aliphatic rings. The molecule has 1 aromatic heterocycles. The molecule has 0 atom stereocenters. The van der Waals surface area contributed by atoms with Crippen LogP contribution in [0.5, 0.6) is 0 Å². The van der Waals surface area contributed by atoms with Gasteiger partial charge >= 0.3 is 0 Å². The second-order valence-corrected chi connectivity index (χ2v) is 5.91. The summed E-state index contributed by atoms with van der Waals surface area (Å²) in [6, 6.07) is 11.8. The molecule has 1 heterocycles. The molecule has 1 amide bonds. The SMILES string of the molecule is CCCCNC(=O)c1ccc(Nc2ccccc2C(C)C)nc1. The fourth-order valence-electron chi connectivity index (χ4n) is 2.34. The number of carbonyl (C=O) groups is 1.